The Bertz CT molecular complexity index is 632. The Labute approximate surface area is 152 Å². The zero-order valence-electron chi connectivity index (χ0n) is 15.6. The number of hydrogen-bond donors (Lipinski definition) is 1. The predicted molar refractivity (Wildman–Crippen MR) is 93.1 cm³/mol. The Balaban J connectivity index is 2.56. The van der Waals surface area contributed by atoms with Crippen molar-refractivity contribution in [2.75, 3.05) is 13.3 Å². The molecule has 8 nitrogen and oxygen atoms in total. The van der Waals surface area contributed by atoms with Gasteiger partial charge in [0.1, 0.15) is 12.3 Å². The monoisotopic (exact) mass is 367 g/mol. The minimum Gasteiger partial charge on any atom is -0.491 e. The molecule has 0 aromatic heterocycles. The van der Waals surface area contributed by atoms with E-state index in [1.165, 1.54) is 12.1 Å². The first kappa shape index (κ1) is 21.3. The lowest BCUT2D eigenvalue weighted by atomic mass is 10.1. The molecule has 0 saturated carbocycles. The van der Waals surface area contributed by atoms with Gasteiger partial charge < -0.3 is 19.3 Å². The van der Waals surface area contributed by atoms with Crippen molar-refractivity contribution in [2.45, 2.75) is 46.3 Å². The molecule has 0 radical (unpaired) electrons. The number of amides is 1. The van der Waals surface area contributed by atoms with Gasteiger partial charge in [-0.2, -0.15) is 0 Å². The number of carboxylic acids is 1. The molecule has 0 unspecified atom stereocenters. The third kappa shape index (κ3) is 7.00. The second-order valence-electron chi connectivity index (χ2n) is 6.80. The first-order valence-electron chi connectivity index (χ1n) is 8.10. The number of carboxylic acid groups (broad SMARTS) is 1. The zero-order valence-corrected chi connectivity index (χ0v) is 15.6. The Hall–Kier alpha value is -2.77. The Morgan fingerprint density at radius 3 is 2.12 bits per heavy atom. The van der Waals surface area contributed by atoms with Gasteiger partial charge in [-0.25, -0.2) is 9.59 Å². The number of benzene rings is 1. The Morgan fingerprint density at radius 1 is 1.08 bits per heavy atom. The Morgan fingerprint density at radius 2 is 1.65 bits per heavy atom. The summed E-state index contributed by atoms with van der Waals surface area (Å²) < 4.78 is 15.2. The first-order valence-corrected chi connectivity index (χ1v) is 8.10. The van der Waals surface area contributed by atoms with Crippen LogP contribution in [0.3, 0.4) is 0 Å². The van der Waals surface area contributed by atoms with Crippen LogP contribution in [0.4, 0.5) is 4.79 Å². The highest BCUT2D eigenvalue weighted by Crippen LogP contribution is 2.16. The molecule has 1 aromatic carbocycles. The van der Waals surface area contributed by atoms with Gasteiger partial charge in [0, 0.05) is 5.54 Å². The molecular weight excluding hydrogens is 342 g/mol. The van der Waals surface area contributed by atoms with Crippen LogP contribution in [0.25, 0.3) is 0 Å². The molecule has 0 bridgehead atoms. The van der Waals surface area contributed by atoms with E-state index in [0.29, 0.717) is 5.75 Å². The van der Waals surface area contributed by atoms with Crippen molar-refractivity contribution in [1.29, 1.82) is 0 Å². The molecule has 144 valence electrons. The molecule has 0 aliphatic carbocycles. The second kappa shape index (κ2) is 9.07. The van der Waals surface area contributed by atoms with Crippen molar-refractivity contribution in [3.63, 3.8) is 0 Å². The van der Waals surface area contributed by atoms with Crippen LogP contribution in [0.15, 0.2) is 24.3 Å². The van der Waals surface area contributed by atoms with Gasteiger partial charge >= 0.3 is 18.0 Å². The number of ether oxygens (including phenoxy) is 3. The van der Waals surface area contributed by atoms with Crippen LogP contribution >= 0.6 is 0 Å². The lowest BCUT2D eigenvalue weighted by Crippen LogP contribution is -2.48. The summed E-state index contributed by atoms with van der Waals surface area (Å²) in [6.45, 7) is 7.66. The van der Waals surface area contributed by atoms with Crippen molar-refractivity contribution in [2.24, 2.45) is 0 Å². The van der Waals surface area contributed by atoms with Gasteiger partial charge in [-0.15, -0.1) is 0 Å². The van der Waals surface area contributed by atoms with Crippen molar-refractivity contribution >= 4 is 18.0 Å². The van der Waals surface area contributed by atoms with Crippen LogP contribution in [-0.2, 0) is 14.3 Å². The van der Waals surface area contributed by atoms with E-state index >= 15 is 0 Å². The van der Waals surface area contributed by atoms with E-state index in [1.54, 1.807) is 32.9 Å². The molecule has 1 rings (SSSR count). The summed E-state index contributed by atoms with van der Waals surface area (Å²) in [5, 5.41) is 8.89. The SMILES string of the molecule is CC(C)Oc1ccc(C(=O)OCOC(=O)N(CC(=O)O)C(C)(C)C)cc1. The van der Waals surface area contributed by atoms with Crippen LogP contribution in [-0.4, -0.2) is 53.0 Å². The van der Waals surface area contributed by atoms with Crippen LogP contribution in [0, 0.1) is 0 Å². The maximum Gasteiger partial charge on any atom is 0.413 e. The van der Waals surface area contributed by atoms with Gasteiger partial charge in [-0.1, -0.05) is 0 Å². The maximum atomic E-state index is 12.0. The topological polar surface area (TPSA) is 102 Å². The fourth-order valence-electron chi connectivity index (χ4n) is 1.95. The van der Waals surface area contributed by atoms with E-state index in [0.717, 1.165) is 4.90 Å². The molecule has 1 N–H and O–H groups in total. The first-order chi connectivity index (χ1) is 12.0. The molecule has 0 aliphatic rings. The second-order valence-corrected chi connectivity index (χ2v) is 6.80. The highest BCUT2D eigenvalue weighted by molar-refractivity contribution is 5.89. The number of aliphatic carboxylic acids is 1. The van der Waals surface area contributed by atoms with Crippen LogP contribution in [0.2, 0.25) is 0 Å². The van der Waals surface area contributed by atoms with E-state index in [2.05, 4.69) is 0 Å². The number of hydrogen-bond acceptors (Lipinski definition) is 6. The zero-order chi connectivity index (χ0) is 19.9. The molecule has 0 spiro atoms. The van der Waals surface area contributed by atoms with Gasteiger partial charge in [-0.05, 0) is 58.9 Å². The van der Waals surface area contributed by atoms with E-state index in [9.17, 15) is 14.4 Å². The van der Waals surface area contributed by atoms with Gasteiger partial charge in [0.25, 0.3) is 0 Å². The van der Waals surface area contributed by atoms with Crippen molar-refractivity contribution in [3.05, 3.63) is 29.8 Å². The van der Waals surface area contributed by atoms with E-state index in [1.807, 2.05) is 13.8 Å². The molecule has 8 heteroatoms. The van der Waals surface area contributed by atoms with Gasteiger partial charge in [0.2, 0.25) is 6.79 Å². The van der Waals surface area contributed by atoms with E-state index < -0.39 is 36.9 Å². The molecular formula is C18H25NO7. The third-order valence-corrected chi connectivity index (χ3v) is 3.16. The maximum absolute atomic E-state index is 12.0. The number of carbonyl (C=O) groups is 3. The number of esters is 1. The van der Waals surface area contributed by atoms with Crippen LogP contribution < -0.4 is 4.74 Å². The standard InChI is InChI=1S/C18H25NO7/c1-12(2)26-14-8-6-13(7-9-14)16(22)24-11-25-17(23)19(10-15(20)21)18(3,4)5/h6-9,12H,10-11H2,1-5H3,(H,20,21). The lowest BCUT2D eigenvalue weighted by molar-refractivity contribution is -0.139. The quantitative estimate of drug-likeness (QED) is 0.584. The predicted octanol–water partition coefficient (Wildman–Crippen LogP) is 2.91. The molecule has 0 aliphatic heterocycles. The molecule has 0 atom stereocenters. The minimum absolute atomic E-state index is 0.0174. The highest BCUT2D eigenvalue weighted by Gasteiger charge is 2.30. The largest absolute Gasteiger partial charge is 0.491 e. The molecule has 0 heterocycles. The molecule has 1 aromatic rings. The number of carbonyl (C=O) groups excluding carboxylic acids is 2. The summed E-state index contributed by atoms with van der Waals surface area (Å²) in [4.78, 5) is 35.9. The smallest absolute Gasteiger partial charge is 0.413 e. The van der Waals surface area contributed by atoms with Crippen molar-refractivity contribution in [1.82, 2.24) is 4.90 Å². The number of rotatable bonds is 7. The van der Waals surface area contributed by atoms with Crippen LogP contribution in [0.1, 0.15) is 45.0 Å². The summed E-state index contributed by atoms with van der Waals surface area (Å²) in [5.74, 6) is -1.22. The van der Waals surface area contributed by atoms with E-state index in [4.69, 9.17) is 19.3 Å². The molecule has 26 heavy (non-hydrogen) atoms. The fraction of sp³-hybridized carbons (Fsp3) is 0.500. The normalized spacial score (nSPS) is 11.0. The average Bonchev–Trinajstić information content (AvgIpc) is 2.51. The Kier molecular flexibility index (Phi) is 7.42. The van der Waals surface area contributed by atoms with Gasteiger partial charge in [0.15, 0.2) is 0 Å². The summed E-state index contributed by atoms with van der Waals surface area (Å²) in [7, 11) is 0. The number of nitrogens with zero attached hydrogens (tertiary/aromatic N) is 1. The summed E-state index contributed by atoms with van der Waals surface area (Å²) in [6, 6.07) is 6.34. The van der Waals surface area contributed by atoms with Gasteiger partial charge in [-0.3, -0.25) is 9.69 Å². The molecule has 1 amide bonds. The molecule has 0 fully saturated rings. The summed E-state index contributed by atoms with van der Waals surface area (Å²) in [6.07, 6.45) is -0.864. The molecule has 0 saturated heterocycles. The highest BCUT2D eigenvalue weighted by atomic mass is 16.7. The minimum atomic E-state index is -1.17. The van der Waals surface area contributed by atoms with Crippen molar-refractivity contribution in [3.8, 4) is 5.75 Å². The van der Waals surface area contributed by atoms with Crippen molar-refractivity contribution < 1.29 is 33.7 Å². The van der Waals surface area contributed by atoms with Crippen LogP contribution in [0.5, 0.6) is 5.75 Å². The summed E-state index contributed by atoms with van der Waals surface area (Å²) >= 11 is 0. The van der Waals surface area contributed by atoms with Gasteiger partial charge in [0.05, 0.1) is 11.7 Å². The third-order valence-electron chi connectivity index (χ3n) is 3.16. The fourth-order valence-corrected chi connectivity index (χ4v) is 1.95. The average molecular weight is 367 g/mol. The summed E-state index contributed by atoms with van der Waals surface area (Å²) in [5.41, 5.74) is -0.485. The van der Waals surface area contributed by atoms with E-state index in [-0.39, 0.29) is 11.7 Å². The lowest BCUT2D eigenvalue weighted by Gasteiger charge is -2.33.